The van der Waals surface area contributed by atoms with Crippen molar-refractivity contribution in [3.8, 4) is 5.69 Å². The summed E-state index contributed by atoms with van der Waals surface area (Å²) < 4.78 is 41.4. The van der Waals surface area contributed by atoms with Crippen LogP contribution < -0.4 is 10.6 Å². The molecule has 1 aromatic carbocycles. The summed E-state index contributed by atoms with van der Waals surface area (Å²) in [5.41, 5.74) is 1.50. The molecule has 0 bridgehead atoms. The highest BCUT2D eigenvalue weighted by Crippen LogP contribution is 2.29. The Labute approximate surface area is 170 Å². The summed E-state index contributed by atoms with van der Waals surface area (Å²) in [5.74, 6) is -2.94. The van der Waals surface area contributed by atoms with Gasteiger partial charge in [0.1, 0.15) is 0 Å². The Balaban J connectivity index is 1.51. The third-order valence-corrected chi connectivity index (χ3v) is 5.08. The van der Waals surface area contributed by atoms with E-state index in [9.17, 15) is 18.0 Å². The van der Waals surface area contributed by atoms with E-state index in [1.165, 1.54) is 18.6 Å². The monoisotopic (exact) mass is 416 g/mol. The number of carbonyl (C=O) groups excluding carboxylic acids is 1. The molecule has 4 rings (SSSR count). The molecular weight excluding hydrogens is 397 g/mol. The van der Waals surface area contributed by atoms with E-state index in [0.29, 0.717) is 17.1 Å². The summed E-state index contributed by atoms with van der Waals surface area (Å²) in [6, 6.07) is 4.87. The smallest absolute Gasteiger partial charge is 0.229 e. The lowest BCUT2D eigenvalue weighted by Gasteiger charge is -2.15. The average molecular weight is 416 g/mol. The molecule has 1 saturated heterocycles. The van der Waals surface area contributed by atoms with Crippen LogP contribution in [0.25, 0.3) is 5.69 Å². The van der Waals surface area contributed by atoms with E-state index in [1.54, 1.807) is 16.8 Å². The van der Waals surface area contributed by atoms with Crippen LogP contribution in [0.15, 0.2) is 43.0 Å². The van der Waals surface area contributed by atoms with Crippen molar-refractivity contribution in [1.29, 1.82) is 0 Å². The van der Waals surface area contributed by atoms with Crippen molar-refractivity contribution < 1.29 is 18.0 Å². The van der Waals surface area contributed by atoms with Crippen LogP contribution in [0.2, 0.25) is 0 Å². The Hall–Kier alpha value is -3.43. The van der Waals surface area contributed by atoms with Crippen molar-refractivity contribution in [3.05, 3.63) is 66.0 Å². The number of hydrogen-bond donors (Lipinski definition) is 2. The summed E-state index contributed by atoms with van der Waals surface area (Å²) in [6.07, 6.45) is 4.68. The number of hydrogen-bond acceptors (Lipinski definition) is 5. The lowest BCUT2D eigenvalue weighted by molar-refractivity contribution is -0.120. The fraction of sp³-hybridized carbons (Fsp3) is 0.300. The number of nitrogens with zero attached hydrogens (tertiary/aromatic N) is 4. The molecule has 0 spiro atoms. The summed E-state index contributed by atoms with van der Waals surface area (Å²) in [5, 5.41) is 5.76. The lowest BCUT2D eigenvalue weighted by atomic mass is 9.93. The fourth-order valence-corrected chi connectivity index (χ4v) is 3.42. The largest absolute Gasteiger partial charge is 0.355 e. The van der Waals surface area contributed by atoms with Gasteiger partial charge in [-0.2, -0.15) is 0 Å². The maximum atomic E-state index is 13.5. The van der Waals surface area contributed by atoms with Crippen LogP contribution >= 0.6 is 0 Å². The summed E-state index contributed by atoms with van der Waals surface area (Å²) >= 11 is 0. The van der Waals surface area contributed by atoms with Crippen molar-refractivity contribution in [2.45, 2.75) is 18.9 Å². The van der Waals surface area contributed by atoms with Crippen molar-refractivity contribution in [2.24, 2.45) is 5.92 Å². The van der Waals surface area contributed by atoms with E-state index in [-0.39, 0.29) is 24.4 Å². The van der Waals surface area contributed by atoms with E-state index in [4.69, 9.17) is 0 Å². The van der Waals surface area contributed by atoms with Gasteiger partial charge in [0, 0.05) is 36.6 Å². The van der Waals surface area contributed by atoms with E-state index in [0.717, 1.165) is 12.1 Å². The molecule has 1 aliphatic rings. The van der Waals surface area contributed by atoms with Crippen LogP contribution in [0.3, 0.4) is 0 Å². The molecular formula is C20H19F3N6O. The predicted molar refractivity (Wildman–Crippen MR) is 103 cm³/mol. The molecule has 7 nitrogen and oxygen atoms in total. The maximum Gasteiger partial charge on any atom is 0.229 e. The number of carbonyl (C=O) groups is 1. The number of alkyl halides is 1. The predicted octanol–water partition coefficient (Wildman–Crippen LogP) is 2.91. The first kappa shape index (κ1) is 19.9. The van der Waals surface area contributed by atoms with Gasteiger partial charge in [-0.3, -0.25) is 9.18 Å². The third-order valence-electron chi connectivity index (χ3n) is 5.08. The Morgan fingerprint density at radius 3 is 2.87 bits per heavy atom. The van der Waals surface area contributed by atoms with Gasteiger partial charge in [0.05, 0.1) is 36.3 Å². The van der Waals surface area contributed by atoms with E-state index in [1.807, 2.05) is 6.92 Å². The molecule has 2 aromatic heterocycles. The van der Waals surface area contributed by atoms with Crippen molar-refractivity contribution in [3.63, 3.8) is 0 Å². The van der Waals surface area contributed by atoms with Gasteiger partial charge in [-0.05, 0) is 25.1 Å². The van der Waals surface area contributed by atoms with Gasteiger partial charge >= 0.3 is 0 Å². The molecule has 1 unspecified atom stereocenters. The van der Waals surface area contributed by atoms with Gasteiger partial charge in [-0.15, -0.1) is 0 Å². The van der Waals surface area contributed by atoms with Gasteiger partial charge in [-0.1, -0.05) is 0 Å². The second kappa shape index (κ2) is 8.13. The first-order chi connectivity index (χ1) is 14.5. The molecule has 1 amide bonds. The standard InChI is InChI=1S/C20H19F3N6O/c1-11(17-9-29(10-26-17)13-2-3-14(22)15(23)6-13)27-20-24-5-4-16(28-20)18-12(7-21)8-25-19(18)30/h2-6,9-12,18H,7-8H2,1H3,(H,25,30)(H,24,27,28)/t11-,12?,18+/m0/s1. The summed E-state index contributed by atoms with van der Waals surface area (Å²) in [7, 11) is 0. The molecule has 3 heterocycles. The zero-order chi connectivity index (χ0) is 21.3. The van der Waals surface area contributed by atoms with E-state index in [2.05, 4.69) is 25.6 Å². The van der Waals surface area contributed by atoms with Crippen LogP contribution in [-0.4, -0.2) is 38.6 Å². The molecule has 3 aromatic rings. The molecule has 3 atom stereocenters. The zero-order valence-corrected chi connectivity index (χ0v) is 16.0. The number of anilines is 1. The van der Waals surface area contributed by atoms with E-state index < -0.39 is 30.1 Å². The van der Waals surface area contributed by atoms with Gasteiger partial charge in [0.25, 0.3) is 0 Å². The highest BCUT2D eigenvalue weighted by Gasteiger charge is 2.37. The van der Waals surface area contributed by atoms with Gasteiger partial charge < -0.3 is 15.2 Å². The molecule has 0 aliphatic carbocycles. The second-order valence-electron chi connectivity index (χ2n) is 7.11. The van der Waals surface area contributed by atoms with Crippen molar-refractivity contribution in [1.82, 2.24) is 24.8 Å². The van der Waals surface area contributed by atoms with Crippen LogP contribution in [0.5, 0.6) is 0 Å². The van der Waals surface area contributed by atoms with Crippen molar-refractivity contribution in [2.75, 3.05) is 18.5 Å². The Morgan fingerprint density at radius 2 is 2.10 bits per heavy atom. The summed E-state index contributed by atoms with van der Waals surface area (Å²) in [4.78, 5) is 24.9. The minimum Gasteiger partial charge on any atom is -0.355 e. The minimum absolute atomic E-state index is 0.249. The first-order valence-electron chi connectivity index (χ1n) is 9.38. The maximum absolute atomic E-state index is 13.5. The topological polar surface area (TPSA) is 84.7 Å². The Morgan fingerprint density at radius 1 is 1.27 bits per heavy atom. The summed E-state index contributed by atoms with van der Waals surface area (Å²) in [6.45, 7) is 1.50. The van der Waals surface area contributed by atoms with Crippen molar-refractivity contribution >= 4 is 11.9 Å². The van der Waals surface area contributed by atoms with Gasteiger partial charge in [0.2, 0.25) is 11.9 Å². The fourth-order valence-electron chi connectivity index (χ4n) is 3.42. The number of halogens is 3. The Kier molecular flexibility index (Phi) is 5.39. The van der Waals surface area contributed by atoms with Crippen LogP contribution in [0.4, 0.5) is 19.1 Å². The molecule has 156 valence electrons. The van der Waals surface area contributed by atoms with E-state index >= 15 is 0 Å². The SMILES string of the molecule is C[C@H](Nc1nccc([C@@H]2C(=O)NCC2CF)n1)c1cn(-c2ccc(F)c(F)c2)cn1. The van der Waals surface area contributed by atoms with Crippen LogP contribution in [0.1, 0.15) is 30.3 Å². The number of nitrogens with one attached hydrogen (secondary N) is 2. The zero-order valence-electron chi connectivity index (χ0n) is 16.0. The third kappa shape index (κ3) is 3.85. The minimum atomic E-state index is -0.943. The number of amides is 1. The second-order valence-corrected chi connectivity index (χ2v) is 7.11. The molecule has 30 heavy (non-hydrogen) atoms. The molecule has 0 saturated carbocycles. The highest BCUT2D eigenvalue weighted by molar-refractivity contribution is 5.85. The average Bonchev–Trinajstić information content (AvgIpc) is 3.37. The first-order valence-corrected chi connectivity index (χ1v) is 9.38. The molecule has 2 N–H and O–H groups in total. The number of benzene rings is 1. The molecule has 1 fully saturated rings. The highest BCUT2D eigenvalue weighted by atomic mass is 19.2. The van der Waals surface area contributed by atoms with Gasteiger partial charge in [-0.25, -0.2) is 23.7 Å². The van der Waals surface area contributed by atoms with Gasteiger partial charge in [0.15, 0.2) is 11.6 Å². The number of imidazole rings is 1. The molecule has 1 aliphatic heterocycles. The number of aromatic nitrogens is 4. The molecule has 10 heteroatoms. The normalized spacial score (nSPS) is 19.5. The molecule has 0 radical (unpaired) electrons. The lowest BCUT2D eigenvalue weighted by Crippen LogP contribution is -2.20. The number of rotatable bonds is 6. The Bertz CT molecular complexity index is 1070. The van der Waals surface area contributed by atoms with Crippen LogP contribution in [0, 0.1) is 17.6 Å². The van der Waals surface area contributed by atoms with Crippen LogP contribution in [-0.2, 0) is 4.79 Å². The quantitative estimate of drug-likeness (QED) is 0.646.